The molecule has 0 unspecified atom stereocenters. The van der Waals surface area contributed by atoms with Crippen molar-refractivity contribution in [2.75, 3.05) is 5.73 Å². The number of nitrogens with zero attached hydrogens (tertiary/aromatic N) is 1. The summed E-state index contributed by atoms with van der Waals surface area (Å²) < 4.78 is 18.2. The molecule has 0 aliphatic rings. The lowest BCUT2D eigenvalue weighted by Crippen LogP contribution is -2.23. The molecular weight excluding hydrogens is 249 g/mol. The van der Waals surface area contributed by atoms with E-state index >= 15 is 0 Å². The molecule has 0 saturated heterocycles. The number of halogens is 1. The first-order valence-electron chi connectivity index (χ1n) is 5.74. The van der Waals surface area contributed by atoms with Gasteiger partial charge in [0.1, 0.15) is 11.6 Å². The van der Waals surface area contributed by atoms with Gasteiger partial charge in [0, 0.05) is 17.7 Å². The number of rotatable bonds is 3. The van der Waals surface area contributed by atoms with E-state index in [1.54, 1.807) is 13.8 Å². The number of nitrogen functional groups attached to an aromatic ring is 1. The molecule has 2 aromatic rings. The van der Waals surface area contributed by atoms with Gasteiger partial charge in [0.05, 0.1) is 11.4 Å². The Kier molecular flexibility index (Phi) is 3.50. The van der Waals surface area contributed by atoms with E-state index in [9.17, 15) is 9.18 Å². The molecule has 0 fully saturated rings. The Morgan fingerprint density at radius 3 is 2.79 bits per heavy atom. The minimum atomic E-state index is -0.606. The molecule has 100 valence electrons. The average Bonchev–Trinajstić information content (AvgIpc) is 2.69. The Morgan fingerprint density at radius 2 is 2.21 bits per heavy atom. The zero-order valence-electron chi connectivity index (χ0n) is 10.7. The average molecular weight is 263 g/mol. The fourth-order valence-electron chi connectivity index (χ4n) is 1.69. The first-order valence-corrected chi connectivity index (χ1v) is 5.74. The van der Waals surface area contributed by atoms with E-state index in [1.165, 1.54) is 12.1 Å². The number of aromatic nitrogens is 1. The molecule has 3 N–H and O–H groups in total. The Morgan fingerprint density at radius 1 is 1.47 bits per heavy atom. The van der Waals surface area contributed by atoms with Crippen LogP contribution in [-0.4, -0.2) is 11.1 Å². The van der Waals surface area contributed by atoms with Gasteiger partial charge in [-0.1, -0.05) is 5.16 Å². The summed E-state index contributed by atoms with van der Waals surface area (Å²) in [7, 11) is 0. The highest BCUT2D eigenvalue weighted by Crippen LogP contribution is 2.14. The Labute approximate surface area is 109 Å². The summed E-state index contributed by atoms with van der Waals surface area (Å²) in [5, 5.41) is 6.47. The Bertz CT molecular complexity index is 603. The number of anilines is 1. The molecule has 0 bridgehead atoms. The fraction of sp³-hybridized carbons (Fsp3) is 0.231. The second-order valence-corrected chi connectivity index (χ2v) is 4.22. The Hall–Kier alpha value is -2.37. The fourth-order valence-corrected chi connectivity index (χ4v) is 1.69. The van der Waals surface area contributed by atoms with Gasteiger partial charge in [0.2, 0.25) is 0 Å². The van der Waals surface area contributed by atoms with E-state index in [1.807, 2.05) is 0 Å². The smallest absolute Gasteiger partial charge is 0.251 e. The van der Waals surface area contributed by atoms with Gasteiger partial charge in [0.25, 0.3) is 5.91 Å². The van der Waals surface area contributed by atoms with Gasteiger partial charge in [0.15, 0.2) is 0 Å². The molecule has 1 heterocycles. The van der Waals surface area contributed by atoms with Crippen LogP contribution in [0.5, 0.6) is 0 Å². The first kappa shape index (κ1) is 13.1. The zero-order valence-corrected chi connectivity index (χ0v) is 10.7. The van der Waals surface area contributed by atoms with Crippen molar-refractivity contribution in [3.8, 4) is 0 Å². The van der Waals surface area contributed by atoms with Crippen LogP contribution < -0.4 is 11.1 Å². The summed E-state index contributed by atoms with van der Waals surface area (Å²) in [6.45, 7) is 3.84. The molecular formula is C13H14FN3O2. The molecule has 0 atom stereocenters. The van der Waals surface area contributed by atoms with Gasteiger partial charge in [-0.25, -0.2) is 4.39 Å². The molecule has 1 aromatic heterocycles. The van der Waals surface area contributed by atoms with Gasteiger partial charge in [-0.05, 0) is 32.0 Å². The summed E-state index contributed by atoms with van der Waals surface area (Å²) >= 11 is 0. The van der Waals surface area contributed by atoms with Gasteiger partial charge < -0.3 is 15.6 Å². The lowest BCUT2D eigenvalue weighted by Gasteiger charge is -2.05. The van der Waals surface area contributed by atoms with E-state index < -0.39 is 5.82 Å². The third kappa shape index (κ3) is 2.73. The molecule has 0 saturated carbocycles. The van der Waals surface area contributed by atoms with Crippen molar-refractivity contribution < 1.29 is 13.7 Å². The minimum absolute atomic E-state index is 0.0160. The molecule has 6 heteroatoms. The van der Waals surface area contributed by atoms with Gasteiger partial charge in [-0.3, -0.25) is 4.79 Å². The lowest BCUT2D eigenvalue weighted by molar-refractivity contribution is 0.0950. The summed E-state index contributed by atoms with van der Waals surface area (Å²) in [6, 6.07) is 3.94. The predicted octanol–water partition coefficient (Wildman–Crippen LogP) is 1.94. The molecule has 0 aliphatic carbocycles. The maximum atomic E-state index is 13.3. The molecule has 1 aromatic carbocycles. The number of nitrogens with two attached hydrogens (primary N) is 1. The highest BCUT2D eigenvalue weighted by atomic mass is 19.1. The molecule has 0 radical (unpaired) electrons. The largest absolute Gasteiger partial charge is 0.396 e. The third-order valence-electron chi connectivity index (χ3n) is 2.87. The number of carbonyl (C=O) groups is 1. The van der Waals surface area contributed by atoms with Gasteiger partial charge >= 0.3 is 0 Å². The van der Waals surface area contributed by atoms with E-state index in [0.717, 1.165) is 17.3 Å². The van der Waals surface area contributed by atoms with Crippen LogP contribution in [0.1, 0.15) is 27.4 Å². The van der Waals surface area contributed by atoms with Crippen LogP contribution >= 0.6 is 0 Å². The van der Waals surface area contributed by atoms with Crippen molar-refractivity contribution >= 4 is 11.6 Å². The second-order valence-electron chi connectivity index (χ2n) is 4.22. The van der Waals surface area contributed by atoms with Crippen LogP contribution in [0.3, 0.4) is 0 Å². The number of hydrogen-bond donors (Lipinski definition) is 2. The number of hydrogen-bond acceptors (Lipinski definition) is 4. The summed E-state index contributed by atoms with van der Waals surface area (Å²) in [5.74, 6) is -0.329. The highest BCUT2D eigenvalue weighted by Gasteiger charge is 2.12. The number of carbonyl (C=O) groups excluding carboxylic acids is 1. The predicted molar refractivity (Wildman–Crippen MR) is 68.0 cm³/mol. The Balaban J connectivity index is 2.07. The van der Waals surface area contributed by atoms with Crippen molar-refractivity contribution in [3.63, 3.8) is 0 Å². The van der Waals surface area contributed by atoms with Crippen molar-refractivity contribution in [2.24, 2.45) is 0 Å². The highest BCUT2D eigenvalue weighted by molar-refractivity contribution is 5.94. The van der Waals surface area contributed by atoms with Crippen LogP contribution in [-0.2, 0) is 6.54 Å². The number of amides is 1. The normalized spacial score (nSPS) is 10.5. The number of aryl methyl sites for hydroxylation is 2. The number of nitrogens with one attached hydrogen (secondary N) is 1. The lowest BCUT2D eigenvalue weighted by atomic mass is 10.1. The second kappa shape index (κ2) is 5.09. The van der Waals surface area contributed by atoms with Crippen molar-refractivity contribution in [1.29, 1.82) is 0 Å². The van der Waals surface area contributed by atoms with Gasteiger partial charge in [-0.2, -0.15) is 0 Å². The van der Waals surface area contributed by atoms with E-state index in [-0.39, 0.29) is 23.7 Å². The monoisotopic (exact) mass is 263 g/mol. The maximum absolute atomic E-state index is 13.3. The number of benzene rings is 1. The van der Waals surface area contributed by atoms with E-state index in [4.69, 9.17) is 10.3 Å². The zero-order chi connectivity index (χ0) is 14.0. The molecule has 5 nitrogen and oxygen atoms in total. The quantitative estimate of drug-likeness (QED) is 0.829. The van der Waals surface area contributed by atoms with Crippen LogP contribution in [0.2, 0.25) is 0 Å². The third-order valence-corrected chi connectivity index (χ3v) is 2.87. The van der Waals surface area contributed by atoms with Crippen LogP contribution in [0.15, 0.2) is 22.7 Å². The molecule has 2 rings (SSSR count). The topological polar surface area (TPSA) is 81.2 Å². The van der Waals surface area contributed by atoms with E-state index in [2.05, 4.69) is 10.5 Å². The van der Waals surface area contributed by atoms with Crippen molar-refractivity contribution in [2.45, 2.75) is 20.4 Å². The van der Waals surface area contributed by atoms with E-state index in [0.29, 0.717) is 5.76 Å². The summed E-state index contributed by atoms with van der Waals surface area (Å²) in [5.41, 5.74) is 7.14. The molecule has 19 heavy (non-hydrogen) atoms. The van der Waals surface area contributed by atoms with Gasteiger partial charge in [-0.15, -0.1) is 0 Å². The maximum Gasteiger partial charge on any atom is 0.251 e. The minimum Gasteiger partial charge on any atom is -0.396 e. The summed E-state index contributed by atoms with van der Waals surface area (Å²) in [6.07, 6.45) is 0. The molecule has 0 spiro atoms. The van der Waals surface area contributed by atoms with Crippen molar-refractivity contribution in [1.82, 2.24) is 10.5 Å². The van der Waals surface area contributed by atoms with Crippen LogP contribution in [0, 0.1) is 19.7 Å². The first-order chi connectivity index (χ1) is 8.99. The molecule has 0 aliphatic heterocycles. The standard InChI is InChI=1S/C13H14FN3O2/c1-7-10(8(2)19-17-7)6-16-13(18)9-3-4-12(15)11(14)5-9/h3-5H,6,15H2,1-2H3,(H,16,18). The van der Waals surface area contributed by atoms with Crippen LogP contribution in [0.25, 0.3) is 0 Å². The van der Waals surface area contributed by atoms with Crippen LogP contribution in [0.4, 0.5) is 10.1 Å². The van der Waals surface area contributed by atoms with Crippen molar-refractivity contribution in [3.05, 3.63) is 46.6 Å². The summed E-state index contributed by atoms with van der Waals surface area (Å²) in [4.78, 5) is 11.9. The SMILES string of the molecule is Cc1noc(C)c1CNC(=O)c1ccc(N)c(F)c1. The molecule has 1 amide bonds.